The topological polar surface area (TPSA) is 23.5 Å². The first kappa shape index (κ1) is 17.4. The molecule has 5 heteroatoms. The summed E-state index contributed by atoms with van der Waals surface area (Å²) >= 11 is 1.81. The first-order valence-electron chi connectivity index (χ1n) is 6.77. The first-order valence-corrected chi connectivity index (χ1v) is 8.16. The minimum absolute atomic E-state index is 0.299. The third kappa shape index (κ3) is 5.77. The molecule has 1 rings (SSSR count). The molecule has 0 saturated carbocycles. The molecule has 0 bridgehead atoms. The quantitative estimate of drug-likeness (QED) is 0.795. The summed E-state index contributed by atoms with van der Waals surface area (Å²) in [6.45, 7) is 2.83. The number of aliphatic hydroxyl groups is 1. The van der Waals surface area contributed by atoms with Gasteiger partial charge in [-0.15, -0.1) is 0 Å². The molecule has 0 fully saturated rings. The highest BCUT2D eigenvalue weighted by Crippen LogP contribution is 2.20. The lowest BCUT2D eigenvalue weighted by Gasteiger charge is -2.25. The molecule has 0 saturated heterocycles. The van der Waals surface area contributed by atoms with Gasteiger partial charge in [-0.25, -0.2) is 8.78 Å². The predicted octanol–water partition coefficient (Wildman–Crippen LogP) is 3.46. The van der Waals surface area contributed by atoms with E-state index in [4.69, 9.17) is 0 Å². The van der Waals surface area contributed by atoms with Crippen molar-refractivity contribution in [3.05, 3.63) is 35.4 Å². The van der Waals surface area contributed by atoms with Gasteiger partial charge in [-0.1, -0.05) is 0 Å². The van der Waals surface area contributed by atoms with Gasteiger partial charge >= 0.3 is 0 Å². The number of aliphatic hydroxyl groups excluding tert-OH is 1. The van der Waals surface area contributed by atoms with Crippen LogP contribution in [0, 0.1) is 11.6 Å². The van der Waals surface area contributed by atoms with Crippen molar-refractivity contribution in [3.8, 4) is 0 Å². The Hall–Kier alpha value is -0.650. The highest BCUT2D eigenvalue weighted by atomic mass is 32.2. The van der Waals surface area contributed by atoms with Crippen LogP contribution >= 0.6 is 11.8 Å². The zero-order chi connectivity index (χ0) is 15.1. The summed E-state index contributed by atoms with van der Waals surface area (Å²) in [7, 11) is 2.00. The normalized spacial score (nSPS) is 14.6. The lowest BCUT2D eigenvalue weighted by Crippen LogP contribution is -2.31. The van der Waals surface area contributed by atoms with Crippen molar-refractivity contribution in [3.63, 3.8) is 0 Å². The van der Waals surface area contributed by atoms with E-state index in [-0.39, 0.29) is 0 Å². The monoisotopic (exact) mass is 303 g/mol. The summed E-state index contributed by atoms with van der Waals surface area (Å²) < 4.78 is 26.2. The molecule has 114 valence electrons. The Bertz CT molecular complexity index is 397. The second-order valence-electron chi connectivity index (χ2n) is 5.12. The highest BCUT2D eigenvalue weighted by molar-refractivity contribution is 7.98. The van der Waals surface area contributed by atoms with Crippen molar-refractivity contribution >= 4 is 11.8 Å². The predicted molar refractivity (Wildman–Crippen MR) is 81.0 cm³/mol. The van der Waals surface area contributed by atoms with Gasteiger partial charge in [0.15, 0.2) is 0 Å². The molecule has 0 radical (unpaired) electrons. The molecule has 2 atom stereocenters. The number of thioether (sulfide) groups is 1. The van der Waals surface area contributed by atoms with Crippen molar-refractivity contribution in [2.75, 3.05) is 25.6 Å². The second kappa shape index (κ2) is 8.60. The average molecular weight is 303 g/mol. The van der Waals surface area contributed by atoms with E-state index in [2.05, 4.69) is 18.1 Å². The standard InChI is InChI=1S/C15H23F2NOS/c1-11(5-7-20-3)18(2)6-4-15(19)12-8-13(16)10-14(17)9-12/h8-11,15,19H,4-7H2,1-3H3. The van der Waals surface area contributed by atoms with Gasteiger partial charge in [-0.3, -0.25) is 0 Å². The Kier molecular flexibility index (Phi) is 7.48. The molecular formula is C15H23F2NOS. The molecule has 1 aromatic carbocycles. The van der Waals surface area contributed by atoms with E-state index in [1.54, 1.807) is 0 Å². The molecule has 2 unspecified atom stereocenters. The Morgan fingerprint density at radius 3 is 2.35 bits per heavy atom. The van der Waals surface area contributed by atoms with Crippen LogP contribution in [0.5, 0.6) is 0 Å². The van der Waals surface area contributed by atoms with Crippen molar-refractivity contribution < 1.29 is 13.9 Å². The first-order chi connectivity index (χ1) is 9.43. The average Bonchev–Trinajstić information content (AvgIpc) is 2.40. The Morgan fingerprint density at radius 2 is 1.80 bits per heavy atom. The van der Waals surface area contributed by atoms with Gasteiger partial charge < -0.3 is 10.0 Å². The number of nitrogens with zero attached hydrogens (tertiary/aromatic N) is 1. The van der Waals surface area contributed by atoms with Crippen LogP contribution < -0.4 is 0 Å². The molecule has 0 aromatic heterocycles. The highest BCUT2D eigenvalue weighted by Gasteiger charge is 2.14. The third-order valence-corrected chi connectivity index (χ3v) is 4.16. The second-order valence-corrected chi connectivity index (χ2v) is 6.10. The number of rotatable bonds is 8. The minimum Gasteiger partial charge on any atom is -0.388 e. The summed E-state index contributed by atoms with van der Waals surface area (Å²) in [5, 5.41) is 10.0. The molecule has 0 amide bonds. The molecular weight excluding hydrogens is 280 g/mol. The van der Waals surface area contributed by atoms with E-state index in [1.165, 1.54) is 12.1 Å². The number of benzene rings is 1. The van der Waals surface area contributed by atoms with E-state index < -0.39 is 17.7 Å². The SMILES string of the molecule is CSCCC(C)N(C)CCC(O)c1cc(F)cc(F)c1. The van der Waals surface area contributed by atoms with Gasteiger partial charge in [0, 0.05) is 18.7 Å². The van der Waals surface area contributed by atoms with E-state index >= 15 is 0 Å². The Balaban J connectivity index is 2.47. The smallest absolute Gasteiger partial charge is 0.126 e. The van der Waals surface area contributed by atoms with Gasteiger partial charge in [-0.05, 0) is 56.5 Å². The summed E-state index contributed by atoms with van der Waals surface area (Å²) in [5.74, 6) is -0.204. The molecule has 0 aliphatic heterocycles. The summed E-state index contributed by atoms with van der Waals surface area (Å²) in [4.78, 5) is 2.16. The molecule has 1 N–H and O–H groups in total. The minimum atomic E-state index is -0.838. The fourth-order valence-electron chi connectivity index (χ4n) is 1.99. The van der Waals surface area contributed by atoms with Crippen molar-refractivity contribution in [2.24, 2.45) is 0 Å². The Morgan fingerprint density at radius 1 is 1.20 bits per heavy atom. The number of hydrogen-bond acceptors (Lipinski definition) is 3. The molecule has 20 heavy (non-hydrogen) atoms. The number of hydrogen-bond donors (Lipinski definition) is 1. The molecule has 1 aromatic rings. The molecule has 2 nitrogen and oxygen atoms in total. The van der Waals surface area contributed by atoms with Gasteiger partial charge in [0.25, 0.3) is 0 Å². The summed E-state index contributed by atoms with van der Waals surface area (Å²) in [6.07, 6.45) is 2.79. The van der Waals surface area contributed by atoms with Crippen molar-refractivity contribution in [1.82, 2.24) is 4.90 Å². The fraction of sp³-hybridized carbons (Fsp3) is 0.600. The molecule has 0 spiro atoms. The van der Waals surface area contributed by atoms with Crippen molar-refractivity contribution in [2.45, 2.75) is 31.9 Å². The molecule has 0 aliphatic carbocycles. The van der Waals surface area contributed by atoms with Gasteiger partial charge in [0.2, 0.25) is 0 Å². The maximum atomic E-state index is 13.1. The van der Waals surface area contributed by atoms with E-state index in [9.17, 15) is 13.9 Å². The maximum Gasteiger partial charge on any atom is 0.126 e. The lowest BCUT2D eigenvalue weighted by molar-refractivity contribution is 0.137. The van der Waals surface area contributed by atoms with Crippen LogP contribution in [0.15, 0.2) is 18.2 Å². The van der Waals surface area contributed by atoms with Crippen LogP contribution in [0.4, 0.5) is 8.78 Å². The van der Waals surface area contributed by atoms with Crippen LogP contribution in [0.1, 0.15) is 31.4 Å². The van der Waals surface area contributed by atoms with Gasteiger partial charge in [0.05, 0.1) is 6.10 Å². The van der Waals surface area contributed by atoms with Crippen LogP contribution in [-0.2, 0) is 0 Å². The van der Waals surface area contributed by atoms with E-state index in [0.717, 1.165) is 18.2 Å². The Labute approximate surface area is 124 Å². The fourth-order valence-corrected chi connectivity index (χ4v) is 2.57. The molecule has 0 heterocycles. The van der Waals surface area contributed by atoms with Gasteiger partial charge in [0.1, 0.15) is 11.6 Å². The van der Waals surface area contributed by atoms with E-state index in [0.29, 0.717) is 24.6 Å². The van der Waals surface area contributed by atoms with Crippen LogP contribution in [0.2, 0.25) is 0 Å². The zero-order valence-corrected chi connectivity index (χ0v) is 13.1. The van der Waals surface area contributed by atoms with Crippen LogP contribution in [-0.4, -0.2) is 41.6 Å². The van der Waals surface area contributed by atoms with Gasteiger partial charge in [-0.2, -0.15) is 11.8 Å². The summed E-state index contributed by atoms with van der Waals surface area (Å²) in [5.41, 5.74) is 0.299. The number of halogens is 2. The van der Waals surface area contributed by atoms with Crippen LogP contribution in [0.25, 0.3) is 0 Å². The van der Waals surface area contributed by atoms with Crippen molar-refractivity contribution in [1.29, 1.82) is 0 Å². The van der Waals surface area contributed by atoms with Crippen LogP contribution in [0.3, 0.4) is 0 Å². The lowest BCUT2D eigenvalue weighted by atomic mass is 10.1. The summed E-state index contributed by atoms with van der Waals surface area (Å²) in [6, 6.07) is 3.61. The maximum absolute atomic E-state index is 13.1. The largest absolute Gasteiger partial charge is 0.388 e. The van der Waals surface area contributed by atoms with E-state index in [1.807, 2.05) is 18.8 Å². The molecule has 0 aliphatic rings. The zero-order valence-electron chi connectivity index (χ0n) is 12.3. The third-order valence-electron chi connectivity index (χ3n) is 3.52.